The van der Waals surface area contributed by atoms with Gasteiger partial charge in [-0.3, -0.25) is 14.9 Å². The molecule has 1 saturated heterocycles. The maximum absolute atomic E-state index is 11.3. The Labute approximate surface area is 252 Å². The Morgan fingerprint density at radius 2 is 1.95 bits per heavy atom. The first-order valence-electron chi connectivity index (χ1n) is 13.9. The minimum atomic E-state index is -0.580. The summed E-state index contributed by atoms with van der Waals surface area (Å²) in [6.45, 7) is 4.30. The molecule has 0 bridgehead atoms. The molecular weight excluding hydrogens is 566 g/mol. The zero-order chi connectivity index (χ0) is 29.9. The zero-order valence-corrected chi connectivity index (χ0v) is 25.1. The quantitative estimate of drug-likeness (QED) is 0.131. The summed E-state index contributed by atoms with van der Waals surface area (Å²) < 4.78 is 8.78. The molecule has 1 aromatic carbocycles. The lowest BCUT2D eigenvalue weighted by molar-refractivity contribution is -0.124. The van der Waals surface area contributed by atoms with E-state index in [1.54, 1.807) is 29.1 Å². The smallest absolute Gasteiger partial charge is 0.267 e. The second-order valence-corrected chi connectivity index (χ2v) is 11.5. The average Bonchev–Trinajstić information content (AvgIpc) is 3.58. The number of carbonyl (C=O) groups is 1. The van der Waals surface area contributed by atoms with Crippen LogP contribution < -0.4 is 15.7 Å². The monoisotopic (exact) mass is 599 g/mol. The van der Waals surface area contributed by atoms with Gasteiger partial charge in [0.1, 0.15) is 11.6 Å². The van der Waals surface area contributed by atoms with Gasteiger partial charge in [-0.05, 0) is 49.0 Å². The van der Waals surface area contributed by atoms with E-state index in [-0.39, 0.29) is 0 Å². The predicted octanol–water partition coefficient (Wildman–Crippen LogP) is 3.67. The van der Waals surface area contributed by atoms with Crippen molar-refractivity contribution in [2.24, 2.45) is 7.05 Å². The van der Waals surface area contributed by atoms with Crippen molar-refractivity contribution >= 4 is 56.2 Å². The summed E-state index contributed by atoms with van der Waals surface area (Å²) in [6.07, 6.45) is 4.72. The topological polar surface area (TPSA) is 134 Å². The van der Waals surface area contributed by atoms with E-state index < -0.39 is 5.91 Å². The number of nitrogens with zero attached hydrogens (tertiary/aromatic N) is 7. The van der Waals surface area contributed by atoms with E-state index in [1.807, 2.05) is 44.4 Å². The second kappa shape index (κ2) is 12.4. The number of nitrogens with one attached hydrogen (secondary N) is 2. The molecule has 1 aliphatic rings. The predicted molar refractivity (Wildman–Crippen MR) is 168 cm³/mol. The van der Waals surface area contributed by atoms with E-state index in [2.05, 4.69) is 37.8 Å². The van der Waals surface area contributed by atoms with Crippen LogP contribution in [0.2, 0.25) is 0 Å². The molecule has 222 valence electrons. The number of hydrogen-bond acceptors (Lipinski definition) is 11. The Balaban J connectivity index is 1.25. The lowest BCUT2D eigenvalue weighted by atomic mass is 10.2. The van der Waals surface area contributed by atoms with Crippen LogP contribution in [0.25, 0.3) is 38.7 Å². The van der Waals surface area contributed by atoms with Gasteiger partial charge in [-0.2, -0.15) is 0 Å². The van der Waals surface area contributed by atoms with Gasteiger partial charge in [-0.1, -0.05) is 6.07 Å². The highest BCUT2D eigenvalue weighted by Gasteiger charge is 2.21. The molecule has 5 heterocycles. The Kier molecular flexibility index (Phi) is 8.29. The lowest BCUT2D eigenvalue weighted by Gasteiger charge is -2.28. The van der Waals surface area contributed by atoms with Crippen LogP contribution in [0, 0.1) is 0 Å². The van der Waals surface area contributed by atoms with E-state index in [4.69, 9.17) is 24.9 Å². The number of carbonyl (C=O) groups excluding carboxylic acids is 1. The number of rotatable bonds is 9. The summed E-state index contributed by atoms with van der Waals surface area (Å²) in [7, 11) is 5.94. The van der Waals surface area contributed by atoms with Crippen LogP contribution in [0.3, 0.4) is 0 Å². The highest BCUT2D eigenvalue weighted by atomic mass is 32.1. The van der Waals surface area contributed by atoms with E-state index in [0.29, 0.717) is 25.6 Å². The molecule has 6 rings (SSSR count). The van der Waals surface area contributed by atoms with Crippen molar-refractivity contribution in [2.45, 2.75) is 13.1 Å². The number of aryl methyl sites for hydroxylation is 1. The molecule has 1 amide bonds. The molecule has 5 aromatic rings. The fraction of sp³-hybridized carbons (Fsp3) is 0.300. The maximum Gasteiger partial charge on any atom is 0.267 e. The van der Waals surface area contributed by atoms with Gasteiger partial charge >= 0.3 is 0 Å². The van der Waals surface area contributed by atoms with Crippen molar-refractivity contribution in [1.82, 2.24) is 34.9 Å². The average molecular weight is 600 g/mol. The number of benzene rings is 1. The summed E-state index contributed by atoms with van der Waals surface area (Å²) >= 11 is 1.73. The Morgan fingerprint density at radius 1 is 1.12 bits per heavy atom. The molecular formula is C30H33N9O3S. The van der Waals surface area contributed by atoms with Gasteiger partial charge in [0.05, 0.1) is 41.0 Å². The van der Waals surface area contributed by atoms with Crippen molar-refractivity contribution in [3.8, 4) is 11.4 Å². The third kappa shape index (κ3) is 6.20. The van der Waals surface area contributed by atoms with Crippen molar-refractivity contribution in [3.63, 3.8) is 0 Å². The fourth-order valence-electron chi connectivity index (χ4n) is 5.12. The number of morpholine rings is 1. The van der Waals surface area contributed by atoms with Crippen LogP contribution in [0.15, 0.2) is 48.7 Å². The minimum absolute atomic E-state index is 0.580. The Hall–Kier alpha value is -4.43. The summed E-state index contributed by atoms with van der Waals surface area (Å²) in [6, 6.07) is 11.9. The minimum Gasteiger partial charge on any atom is -0.378 e. The normalized spacial score (nSPS) is 13.9. The van der Waals surface area contributed by atoms with Gasteiger partial charge in [0.25, 0.3) is 5.91 Å². The van der Waals surface area contributed by atoms with Gasteiger partial charge in [0.2, 0.25) is 0 Å². The number of thiophene rings is 1. The number of amides is 1. The first-order valence-corrected chi connectivity index (χ1v) is 14.8. The van der Waals surface area contributed by atoms with Gasteiger partial charge < -0.3 is 19.5 Å². The Bertz CT molecular complexity index is 1790. The van der Waals surface area contributed by atoms with Crippen LogP contribution in [0.4, 0.5) is 11.6 Å². The molecule has 1 aliphatic heterocycles. The van der Waals surface area contributed by atoms with Crippen molar-refractivity contribution in [1.29, 1.82) is 0 Å². The molecule has 0 spiro atoms. The van der Waals surface area contributed by atoms with Crippen molar-refractivity contribution < 1.29 is 14.7 Å². The summed E-state index contributed by atoms with van der Waals surface area (Å²) in [4.78, 5) is 36.4. The summed E-state index contributed by atoms with van der Waals surface area (Å²) in [5, 5.41) is 11.8. The third-order valence-corrected chi connectivity index (χ3v) is 8.47. The first-order chi connectivity index (χ1) is 20.9. The molecule has 43 heavy (non-hydrogen) atoms. The SMILES string of the molecule is CNc1ccc(-c2nc(N3CCOCC3)c3sc(CN(C)Cc4nc5cc(/C=C/C(=O)NO)ccc5n4C)cc3n2)cn1. The van der Waals surface area contributed by atoms with Crippen molar-refractivity contribution in [3.05, 3.63) is 64.9 Å². The highest BCUT2D eigenvalue weighted by Crippen LogP contribution is 2.35. The zero-order valence-electron chi connectivity index (χ0n) is 24.2. The van der Waals surface area contributed by atoms with Crippen LogP contribution in [-0.2, 0) is 29.7 Å². The molecule has 13 heteroatoms. The third-order valence-electron chi connectivity index (χ3n) is 7.37. The van der Waals surface area contributed by atoms with E-state index in [0.717, 1.165) is 69.5 Å². The number of hydroxylamine groups is 1. The number of aromatic nitrogens is 5. The van der Waals surface area contributed by atoms with Crippen LogP contribution >= 0.6 is 11.3 Å². The van der Waals surface area contributed by atoms with Crippen LogP contribution in [0.5, 0.6) is 0 Å². The molecule has 4 aromatic heterocycles. The summed E-state index contributed by atoms with van der Waals surface area (Å²) in [5.74, 6) is 2.75. The standard InChI is InChI=1S/C30H33N9O3S/c1-31-25-8-6-20(16-32-25)29-34-23-15-21(43-28(23)30(35-29)39-10-12-42-13-11-39)17-37(2)18-26-33-22-14-19(5-9-27(40)36-41)4-7-24(22)38(26)3/h4-9,14-16,41H,10-13,17-18H2,1-3H3,(H,31,32)(H,36,40)/b9-5+. The van der Waals surface area contributed by atoms with E-state index >= 15 is 0 Å². The number of pyridine rings is 1. The number of anilines is 2. The number of ether oxygens (including phenoxy) is 1. The number of hydrogen-bond donors (Lipinski definition) is 3. The number of fused-ring (bicyclic) bond motifs is 2. The lowest BCUT2D eigenvalue weighted by Crippen LogP contribution is -2.36. The Morgan fingerprint density at radius 3 is 2.70 bits per heavy atom. The number of imidazole rings is 1. The van der Waals surface area contributed by atoms with Gasteiger partial charge in [0, 0.05) is 56.4 Å². The van der Waals surface area contributed by atoms with E-state index in [9.17, 15) is 4.79 Å². The maximum atomic E-state index is 11.3. The molecule has 0 aliphatic carbocycles. The molecule has 0 radical (unpaired) electrons. The van der Waals surface area contributed by atoms with Crippen molar-refractivity contribution in [2.75, 3.05) is 50.6 Å². The fourth-order valence-corrected chi connectivity index (χ4v) is 6.31. The highest BCUT2D eigenvalue weighted by molar-refractivity contribution is 7.19. The molecule has 0 unspecified atom stereocenters. The van der Waals surface area contributed by atoms with Gasteiger partial charge in [-0.25, -0.2) is 25.4 Å². The molecule has 1 fully saturated rings. The molecule has 0 atom stereocenters. The van der Waals surface area contributed by atoms with Crippen LogP contribution in [0.1, 0.15) is 16.3 Å². The second-order valence-electron chi connectivity index (χ2n) is 10.4. The van der Waals surface area contributed by atoms with Gasteiger partial charge in [-0.15, -0.1) is 11.3 Å². The molecule has 0 saturated carbocycles. The van der Waals surface area contributed by atoms with Gasteiger partial charge in [0.15, 0.2) is 11.6 Å². The molecule has 3 N–H and O–H groups in total. The first kappa shape index (κ1) is 28.7. The van der Waals surface area contributed by atoms with E-state index in [1.165, 1.54) is 11.0 Å². The largest absolute Gasteiger partial charge is 0.378 e. The molecule has 12 nitrogen and oxygen atoms in total. The summed E-state index contributed by atoms with van der Waals surface area (Å²) in [5.41, 5.74) is 6.07. The van der Waals surface area contributed by atoms with Crippen LogP contribution in [-0.4, -0.2) is 80.9 Å².